The van der Waals surface area contributed by atoms with Crippen LogP contribution in [0.4, 0.5) is 5.69 Å². The van der Waals surface area contributed by atoms with E-state index in [1.54, 1.807) is 12.1 Å². The predicted octanol–water partition coefficient (Wildman–Crippen LogP) is 1.70. The lowest BCUT2D eigenvalue weighted by molar-refractivity contribution is -0.118. The molecule has 1 amide bonds. The number of carboxylic acids is 1. The molecule has 2 unspecified atom stereocenters. The van der Waals surface area contributed by atoms with Crippen LogP contribution in [0.5, 0.6) is 0 Å². The first kappa shape index (κ1) is 14.2. The molecule has 2 atom stereocenters. The molecule has 0 radical (unpaired) electrons. The van der Waals surface area contributed by atoms with Gasteiger partial charge in [0.05, 0.1) is 11.6 Å². The van der Waals surface area contributed by atoms with Crippen LogP contribution in [0, 0.1) is 5.92 Å². The number of carbonyl (C=O) groups is 2. The van der Waals surface area contributed by atoms with Gasteiger partial charge in [0.25, 0.3) is 0 Å². The highest BCUT2D eigenvalue weighted by Gasteiger charge is 2.19. The predicted molar refractivity (Wildman–Crippen MR) is 69.5 cm³/mol. The molecule has 0 aliphatic carbocycles. The zero-order valence-corrected chi connectivity index (χ0v) is 10.5. The molecule has 0 spiro atoms. The van der Waals surface area contributed by atoms with E-state index < -0.39 is 12.0 Å². The number of anilines is 1. The number of rotatable bonds is 5. The molecule has 0 aromatic heterocycles. The Morgan fingerprint density at radius 3 is 2.33 bits per heavy atom. The monoisotopic (exact) mass is 250 g/mol. The third kappa shape index (κ3) is 3.56. The van der Waals surface area contributed by atoms with Crippen LogP contribution >= 0.6 is 0 Å². The SMILES string of the molecule is CCC(C)C(N)C(=O)Nc1ccc(C(=O)O)cc1. The maximum atomic E-state index is 11.8. The van der Waals surface area contributed by atoms with Gasteiger partial charge in [0.2, 0.25) is 5.91 Å². The van der Waals surface area contributed by atoms with Crippen LogP contribution < -0.4 is 11.1 Å². The van der Waals surface area contributed by atoms with Gasteiger partial charge in [-0.15, -0.1) is 0 Å². The fraction of sp³-hybridized carbons (Fsp3) is 0.385. The Bertz CT molecular complexity index is 428. The molecule has 18 heavy (non-hydrogen) atoms. The fourth-order valence-corrected chi connectivity index (χ4v) is 1.43. The Kier molecular flexibility index (Phi) is 4.85. The van der Waals surface area contributed by atoms with Crippen molar-refractivity contribution in [3.63, 3.8) is 0 Å². The molecule has 0 fully saturated rings. The minimum atomic E-state index is -0.996. The van der Waals surface area contributed by atoms with Gasteiger partial charge in [-0.3, -0.25) is 4.79 Å². The third-order valence-corrected chi connectivity index (χ3v) is 2.96. The molecule has 0 saturated heterocycles. The van der Waals surface area contributed by atoms with E-state index in [0.29, 0.717) is 5.69 Å². The molecule has 1 aromatic rings. The van der Waals surface area contributed by atoms with Gasteiger partial charge in [0.15, 0.2) is 0 Å². The van der Waals surface area contributed by atoms with Crippen molar-refractivity contribution in [3.05, 3.63) is 29.8 Å². The van der Waals surface area contributed by atoms with E-state index in [9.17, 15) is 9.59 Å². The molecule has 0 bridgehead atoms. The summed E-state index contributed by atoms with van der Waals surface area (Å²) < 4.78 is 0. The maximum Gasteiger partial charge on any atom is 0.335 e. The highest BCUT2D eigenvalue weighted by molar-refractivity contribution is 5.95. The summed E-state index contributed by atoms with van der Waals surface area (Å²) in [5.41, 5.74) is 6.52. The Morgan fingerprint density at radius 2 is 1.89 bits per heavy atom. The van der Waals surface area contributed by atoms with Crippen LogP contribution in [-0.2, 0) is 4.79 Å². The molecular weight excluding hydrogens is 232 g/mol. The van der Waals surface area contributed by atoms with Gasteiger partial charge in [0, 0.05) is 5.69 Å². The van der Waals surface area contributed by atoms with Crippen molar-refractivity contribution in [3.8, 4) is 0 Å². The van der Waals surface area contributed by atoms with Crippen LogP contribution in [0.25, 0.3) is 0 Å². The number of aromatic carboxylic acids is 1. The van der Waals surface area contributed by atoms with Gasteiger partial charge in [-0.2, -0.15) is 0 Å². The average Bonchev–Trinajstić information content (AvgIpc) is 2.37. The van der Waals surface area contributed by atoms with Crippen molar-refractivity contribution in [2.45, 2.75) is 26.3 Å². The summed E-state index contributed by atoms with van der Waals surface area (Å²) in [6, 6.07) is 5.41. The summed E-state index contributed by atoms with van der Waals surface area (Å²) in [4.78, 5) is 22.4. The van der Waals surface area contributed by atoms with E-state index in [-0.39, 0.29) is 17.4 Å². The lowest BCUT2D eigenvalue weighted by Crippen LogP contribution is -2.40. The molecule has 0 saturated carbocycles. The largest absolute Gasteiger partial charge is 0.478 e. The van der Waals surface area contributed by atoms with E-state index in [2.05, 4.69) is 5.32 Å². The minimum Gasteiger partial charge on any atom is -0.478 e. The second-order valence-electron chi connectivity index (χ2n) is 4.28. The summed E-state index contributed by atoms with van der Waals surface area (Å²) in [5.74, 6) is -1.15. The van der Waals surface area contributed by atoms with Gasteiger partial charge in [0.1, 0.15) is 0 Å². The number of nitrogens with two attached hydrogens (primary N) is 1. The van der Waals surface area contributed by atoms with Crippen LogP contribution in [0.15, 0.2) is 24.3 Å². The van der Waals surface area contributed by atoms with Gasteiger partial charge in [-0.1, -0.05) is 20.3 Å². The van der Waals surface area contributed by atoms with E-state index >= 15 is 0 Å². The molecule has 98 valence electrons. The Balaban J connectivity index is 2.67. The van der Waals surface area contributed by atoms with Crippen LogP contribution in [-0.4, -0.2) is 23.0 Å². The highest BCUT2D eigenvalue weighted by atomic mass is 16.4. The lowest BCUT2D eigenvalue weighted by Gasteiger charge is -2.17. The first-order valence-electron chi connectivity index (χ1n) is 5.85. The molecule has 5 nitrogen and oxygen atoms in total. The van der Waals surface area contributed by atoms with E-state index in [1.807, 2.05) is 13.8 Å². The standard InChI is InChI=1S/C13H18N2O3/c1-3-8(2)11(14)12(16)15-10-6-4-9(5-7-10)13(17)18/h4-8,11H,3,14H2,1-2H3,(H,15,16)(H,17,18). The number of nitrogens with one attached hydrogen (secondary N) is 1. The highest BCUT2D eigenvalue weighted by Crippen LogP contribution is 2.12. The summed E-state index contributed by atoms with van der Waals surface area (Å²) in [7, 11) is 0. The quantitative estimate of drug-likeness (QED) is 0.741. The number of benzene rings is 1. The van der Waals surface area contributed by atoms with E-state index in [4.69, 9.17) is 10.8 Å². The number of carboxylic acid groups (broad SMARTS) is 1. The van der Waals surface area contributed by atoms with Gasteiger partial charge in [-0.25, -0.2) is 4.79 Å². The first-order valence-corrected chi connectivity index (χ1v) is 5.85. The van der Waals surface area contributed by atoms with Crippen molar-refractivity contribution in [2.24, 2.45) is 11.7 Å². The summed E-state index contributed by atoms with van der Waals surface area (Å²) in [6.45, 7) is 3.89. The topological polar surface area (TPSA) is 92.4 Å². The van der Waals surface area contributed by atoms with Gasteiger partial charge >= 0.3 is 5.97 Å². The zero-order chi connectivity index (χ0) is 13.7. The van der Waals surface area contributed by atoms with Crippen molar-refractivity contribution >= 4 is 17.6 Å². The third-order valence-electron chi connectivity index (χ3n) is 2.96. The summed E-state index contributed by atoms with van der Waals surface area (Å²) in [6.07, 6.45) is 0.826. The van der Waals surface area contributed by atoms with Crippen LogP contribution in [0.3, 0.4) is 0 Å². The Labute approximate surface area is 106 Å². The number of carbonyl (C=O) groups excluding carboxylic acids is 1. The smallest absolute Gasteiger partial charge is 0.335 e. The number of hydrogen-bond acceptors (Lipinski definition) is 3. The average molecular weight is 250 g/mol. The minimum absolute atomic E-state index is 0.100. The molecule has 1 rings (SSSR count). The van der Waals surface area contributed by atoms with Gasteiger partial charge < -0.3 is 16.2 Å². The molecule has 0 aliphatic heterocycles. The number of hydrogen-bond donors (Lipinski definition) is 3. The molecule has 1 aromatic carbocycles. The fourth-order valence-electron chi connectivity index (χ4n) is 1.43. The zero-order valence-electron chi connectivity index (χ0n) is 10.5. The molecule has 4 N–H and O–H groups in total. The van der Waals surface area contributed by atoms with Crippen LogP contribution in [0.1, 0.15) is 30.6 Å². The molecule has 0 aliphatic rings. The van der Waals surface area contributed by atoms with Crippen LogP contribution in [0.2, 0.25) is 0 Å². The van der Waals surface area contributed by atoms with E-state index in [0.717, 1.165) is 6.42 Å². The summed E-state index contributed by atoms with van der Waals surface area (Å²) in [5, 5.41) is 11.4. The van der Waals surface area contributed by atoms with E-state index in [1.165, 1.54) is 12.1 Å². The van der Waals surface area contributed by atoms with Crippen molar-refractivity contribution < 1.29 is 14.7 Å². The van der Waals surface area contributed by atoms with Crippen molar-refractivity contribution in [2.75, 3.05) is 5.32 Å². The second-order valence-corrected chi connectivity index (χ2v) is 4.28. The Hall–Kier alpha value is -1.88. The normalized spacial score (nSPS) is 13.7. The summed E-state index contributed by atoms with van der Waals surface area (Å²) >= 11 is 0. The van der Waals surface area contributed by atoms with Crippen molar-refractivity contribution in [1.82, 2.24) is 0 Å². The second kappa shape index (κ2) is 6.16. The van der Waals surface area contributed by atoms with Crippen molar-refractivity contribution in [1.29, 1.82) is 0 Å². The Morgan fingerprint density at radius 1 is 1.33 bits per heavy atom. The molecule has 5 heteroatoms. The maximum absolute atomic E-state index is 11.8. The molecular formula is C13H18N2O3. The lowest BCUT2D eigenvalue weighted by atomic mass is 9.99. The van der Waals surface area contributed by atoms with Gasteiger partial charge in [-0.05, 0) is 30.2 Å². The molecule has 0 heterocycles. The number of amides is 1. The first-order chi connectivity index (χ1) is 8.45.